The molecule has 2 aromatic carbocycles. The molecule has 9 atom stereocenters. The van der Waals surface area contributed by atoms with E-state index in [4.69, 9.17) is 18.9 Å². The molecule has 0 amide bonds. The van der Waals surface area contributed by atoms with E-state index in [9.17, 15) is 45.6 Å². The Bertz CT molecular complexity index is 1180. The van der Waals surface area contributed by atoms with Gasteiger partial charge in [-0.1, -0.05) is 18.2 Å². The van der Waals surface area contributed by atoms with Crippen molar-refractivity contribution >= 4 is 11.9 Å². The number of hydrogen-bond acceptors (Lipinski definition) is 13. The number of benzene rings is 2. The fourth-order valence-electron chi connectivity index (χ4n) is 4.18. The molecule has 0 unspecified atom stereocenters. The molecule has 2 heterocycles. The van der Waals surface area contributed by atoms with E-state index in [2.05, 4.69) is 0 Å². The Morgan fingerprint density at radius 3 is 2.23 bits per heavy atom. The van der Waals surface area contributed by atoms with E-state index in [-0.39, 0.29) is 17.1 Å². The molecule has 2 aliphatic heterocycles. The summed E-state index contributed by atoms with van der Waals surface area (Å²) in [4.78, 5) is 12.9. The number of carbonyl (C=O) groups excluding carboxylic acids is 1. The van der Waals surface area contributed by atoms with Gasteiger partial charge in [0.25, 0.3) is 0 Å². The Morgan fingerprint density at radius 1 is 0.872 bits per heavy atom. The van der Waals surface area contributed by atoms with Crippen molar-refractivity contribution in [2.45, 2.75) is 62.2 Å². The second kappa shape index (κ2) is 11.9. The smallest absolute Gasteiger partial charge is 0.228 e. The van der Waals surface area contributed by atoms with Crippen LogP contribution in [0, 0.1) is 0 Å². The molecule has 8 N–H and O–H groups in total. The van der Waals surface area contributed by atoms with E-state index in [1.54, 1.807) is 12.1 Å². The molecule has 2 fully saturated rings. The van der Waals surface area contributed by atoms with Crippen molar-refractivity contribution in [3.05, 3.63) is 53.6 Å². The van der Waals surface area contributed by atoms with Crippen LogP contribution >= 0.6 is 0 Å². The van der Waals surface area contributed by atoms with Crippen LogP contribution in [0.4, 0.5) is 0 Å². The molecule has 0 radical (unpaired) electrons. The van der Waals surface area contributed by atoms with Gasteiger partial charge >= 0.3 is 0 Å². The zero-order valence-corrected chi connectivity index (χ0v) is 20.6. The first kappa shape index (κ1) is 28.7. The topological polar surface area (TPSA) is 216 Å². The molecule has 0 aliphatic carbocycles. The summed E-state index contributed by atoms with van der Waals surface area (Å²) in [5.41, 5.74) is 0.220. The summed E-state index contributed by atoms with van der Waals surface area (Å²) < 4.78 is 21.9. The number of allylic oxidation sites excluding steroid dienone is 1. The van der Waals surface area contributed by atoms with Gasteiger partial charge in [0.2, 0.25) is 6.29 Å². The molecule has 39 heavy (non-hydrogen) atoms. The molecule has 2 aliphatic rings. The number of aliphatic hydroxyl groups is 5. The van der Waals surface area contributed by atoms with Gasteiger partial charge in [-0.25, -0.2) is 0 Å². The number of phenols is 3. The number of carbonyl (C=O) groups is 1. The van der Waals surface area contributed by atoms with E-state index >= 15 is 0 Å². The number of ketones is 1. The summed E-state index contributed by atoms with van der Waals surface area (Å²) in [6.45, 7) is 1.06. The maximum absolute atomic E-state index is 12.9. The molecule has 212 valence electrons. The molecule has 13 nitrogen and oxygen atoms in total. The first-order chi connectivity index (χ1) is 18.5. The van der Waals surface area contributed by atoms with Gasteiger partial charge in [0.1, 0.15) is 65.2 Å². The van der Waals surface area contributed by atoms with Crippen molar-refractivity contribution in [1.29, 1.82) is 0 Å². The van der Waals surface area contributed by atoms with Crippen LogP contribution in [0.1, 0.15) is 22.8 Å². The minimum atomic E-state index is -1.77. The van der Waals surface area contributed by atoms with E-state index in [0.29, 0.717) is 5.56 Å². The second-order valence-corrected chi connectivity index (χ2v) is 9.28. The first-order valence-electron chi connectivity index (χ1n) is 12.0. The van der Waals surface area contributed by atoms with Crippen molar-refractivity contribution in [2.75, 3.05) is 6.61 Å². The summed E-state index contributed by atoms with van der Waals surface area (Å²) in [5, 5.41) is 80.9. The fourth-order valence-corrected chi connectivity index (χ4v) is 4.18. The van der Waals surface area contributed by atoms with Gasteiger partial charge < -0.3 is 59.8 Å². The quantitative estimate of drug-likeness (QED) is 0.159. The summed E-state index contributed by atoms with van der Waals surface area (Å²) >= 11 is 0. The predicted molar refractivity (Wildman–Crippen MR) is 131 cm³/mol. The van der Waals surface area contributed by atoms with Crippen LogP contribution in [-0.4, -0.2) is 109 Å². The predicted octanol–water partition coefficient (Wildman–Crippen LogP) is -0.631. The monoisotopic (exact) mass is 550 g/mol. The molecule has 2 aromatic rings. The van der Waals surface area contributed by atoms with Gasteiger partial charge in [0, 0.05) is 12.1 Å². The van der Waals surface area contributed by atoms with Gasteiger partial charge in [-0.3, -0.25) is 4.79 Å². The van der Waals surface area contributed by atoms with Crippen LogP contribution < -0.4 is 4.74 Å². The van der Waals surface area contributed by atoms with Crippen molar-refractivity contribution in [1.82, 2.24) is 0 Å². The molecule has 13 heteroatoms. The lowest BCUT2D eigenvalue weighted by Gasteiger charge is -2.43. The lowest BCUT2D eigenvalue weighted by molar-refractivity contribution is -0.333. The Morgan fingerprint density at radius 2 is 1.54 bits per heavy atom. The maximum atomic E-state index is 12.9. The van der Waals surface area contributed by atoms with E-state index in [0.717, 1.165) is 18.2 Å². The molecule has 4 rings (SSSR count). The summed E-state index contributed by atoms with van der Waals surface area (Å²) in [5.74, 6) is -2.09. The lowest BCUT2D eigenvalue weighted by atomic mass is 9.99. The highest BCUT2D eigenvalue weighted by atomic mass is 16.7. The third-order valence-corrected chi connectivity index (χ3v) is 6.43. The standard InChI is InChI=1S/C26H30O13/c1-11-20(31)22(33)24(35)26(37-11)39-18-10-36-25(23(34)21(18)32)38-17-9-14(28)8-16(30)19(17)15(29)7-4-12-2-5-13(27)6-3-12/h2-9,11,18,20-28,30-35H,10H2,1H3/b7-4+/t11-,18-,20+,21-,22+,23-,24-,25-,26+/m1/s1. The second-order valence-electron chi connectivity index (χ2n) is 9.28. The van der Waals surface area contributed by atoms with Crippen LogP contribution in [0.15, 0.2) is 42.5 Å². The fraction of sp³-hybridized carbons (Fsp3) is 0.423. The number of ether oxygens (including phenoxy) is 4. The van der Waals surface area contributed by atoms with Gasteiger partial charge in [-0.05, 0) is 30.7 Å². The first-order valence-corrected chi connectivity index (χ1v) is 12.0. The SMILES string of the molecule is C[C@H]1O[C@@H](O[C@@H]2CO[C@H](Oc3cc(O)cc(O)c3C(=O)/C=C/c3ccc(O)cc3)[C@H](O)[C@@H]2O)[C@H](O)[C@@H](O)[C@H]1O. The number of phenolic OH excluding ortho intramolecular Hbond substituents is 3. The Hall–Kier alpha value is -3.27. The van der Waals surface area contributed by atoms with Gasteiger partial charge in [-0.2, -0.15) is 0 Å². The van der Waals surface area contributed by atoms with Crippen molar-refractivity contribution in [3.8, 4) is 23.0 Å². The maximum Gasteiger partial charge on any atom is 0.228 e. The van der Waals surface area contributed by atoms with Crippen LogP contribution in [0.5, 0.6) is 23.0 Å². The van der Waals surface area contributed by atoms with Crippen LogP contribution in [0.2, 0.25) is 0 Å². The molecular weight excluding hydrogens is 520 g/mol. The Kier molecular flexibility index (Phi) is 8.73. The molecular formula is C26H30O13. The highest BCUT2D eigenvalue weighted by Gasteiger charge is 2.47. The van der Waals surface area contributed by atoms with E-state index in [1.807, 2.05) is 0 Å². The third-order valence-electron chi connectivity index (χ3n) is 6.43. The van der Waals surface area contributed by atoms with Gasteiger partial charge in [-0.15, -0.1) is 0 Å². The molecule has 0 saturated carbocycles. The number of aromatic hydroxyl groups is 3. The highest BCUT2D eigenvalue weighted by molar-refractivity contribution is 6.10. The highest BCUT2D eigenvalue weighted by Crippen LogP contribution is 2.36. The zero-order chi connectivity index (χ0) is 28.4. The van der Waals surface area contributed by atoms with Crippen LogP contribution in [-0.2, 0) is 14.2 Å². The van der Waals surface area contributed by atoms with Crippen LogP contribution in [0.3, 0.4) is 0 Å². The molecule has 0 aromatic heterocycles. The van der Waals surface area contributed by atoms with Crippen molar-refractivity contribution < 1.29 is 64.6 Å². The van der Waals surface area contributed by atoms with Gasteiger partial charge in [0.15, 0.2) is 12.1 Å². The number of rotatable bonds is 7. The number of aliphatic hydroxyl groups excluding tert-OH is 5. The normalized spacial score (nSPS) is 33.2. The average Bonchev–Trinajstić information content (AvgIpc) is 2.89. The molecule has 0 bridgehead atoms. The summed E-state index contributed by atoms with van der Waals surface area (Å²) in [7, 11) is 0. The minimum absolute atomic E-state index is 0.0413. The number of hydrogen-bond donors (Lipinski definition) is 8. The van der Waals surface area contributed by atoms with Crippen molar-refractivity contribution in [2.24, 2.45) is 0 Å². The minimum Gasteiger partial charge on any atom is -0.508 e. The lowest BCUT2D eigenvalue weighted by Crippen LogP contribution is -2.61. The van der Waals surface area contributed by atoms with Gasteiger partial charge in [0.05, 0.1) is 12.7 Å². The third kappa shape index (κ3) is 6.32. The van der Waals surface area contributed by atoms with Crippen molar-refractivity contribution in [3.63, 3.8) is 0 Å². The largest absolute Gasteiger partial charge is 0.508 e. The molecule has 2 saturated heterocycles. The molecule has 0 spiro atoms. The Labute approximate surface area is 222 Å². The Balaban J connectivity index is 1.47. The summed E-state index contributed by atoms with van der Waals surface area (Å²) in [6.07, 6.45) is -10.6. The average molecular weight is 551 g/mol. The van der Waals surface area contributed by atoms with E-state index in [1.165, 1.54) is 25.1 Å². The van der Waals surface area contributed by atoms with Crippen LogP contribution in [0.25, 0.3) is 6.08 Å². The zero-order valence-electron chi connectivity index (χ0n) is 20.6. The van der Waals surface area contributed by atoms with E-state index < -0.39 is 79.2 Å². The summed E-state index contributed by atoms with van der Waals surface area (Å²) in [6, 6.07) is 7.90.